The molecule has 0 aliphatic heterocycles. The summed E-state index contributed by atoms with van der Waals surface area (Å²) in [5, 5.41) is 9.04. The molecule has 27 heavy (non-hydrogen) atoms. The Balaban J connectivity index is 2.05. The van der Waals surface area contributed by atoms with Crippen molar-refractivity contribution in [3.8, 4) is 34.5 Å². The van der Waals surface area contributed by atoms with Gasteiger partial charge in [-0.15, -0.1) is 0 Å². The molecule has 0 saturated carbocycles. The van der Waals surface area contributed by atoms with Gasteiger partial charge in [-0.2, -0.15) is 18.4 Å². The van der Waals surface area contributed by atoms with Gasteiger partial charge in [-0.25, -0.2) is 9.37 Å². The Hall–Kier alpha value is -3.41. The minimum Gasteiger partial charge on any atom is -0.481 e. The van der Waals surface area contributed by atoms with E-state index >= 15 is 0 Å². The quantitative estimate of drug-likeness (QED) is 0.643. The molecule has 0 saturated heterocycles. The Morgan fingerprint density at radius 1 is 1.19 bits per heavy atom. The van der Waals surface area contributed by atoms with Crippen molar-refractivity contribution < 1.29 is 22.3 Å². The van der Waals surface area contributed by atoms with Crippen LogP contribution in [0.3, 0.4) is 0 Å². The highest BCUT2D eigenvalue weighted by molar-refractivity contribution is 5.77. The molecule has 5 nitrogen and oxygen atoms in total. The van der Waals surface area contributed by atoms with Crippen LogP contribution in [0.4, 0.5) is 17.6 Å². The lowest BCUT2D eigenvalue weighted by molar-refractivity contribution is -0.153. The molecule has 0 fully saturated rings. The number of pyridine rings is 1. The number of aryl methyl sites for hydroxylation is 1. The van der Waals surface area contributed by atoms with Gasteiger partial charge in [0.1, 0.15) is 5.69 Å². The summed E-state index contributed by atoms with van der Waals surface area (Å²) < 4.78 is 57.2. The van der Waals surface area contributed by atoms with E-state index in [1.807, 2.05) is 6.07 Å². The third kappa shape index (κ3) is 4.06. The van der Waals surface area contributed by atoms with E-state index in [-0.39, 0.29) is 0 Å². The van der Waals surface area contributed by atoms with Crippen molar-refractivity contribution >= 4 is 0 Å². The highest BCUT2D eigenvalue weighted by Crippen LogP contribution is 2.33. The lowest BCUT2D eigenvalue weighted by Crippen LogP contribution is -2.19. The van der Waals surface area contributed by atoms with Gasteiger partial charge >= 0.3 is 6.18 Å². The molecule has 0 unspecified atom stereocenters. The van der Waals surface area contributed by atoms with E-state index in [0.717, 1.165) is 6.07 Å². The van der Waals surface area contributed by atoms with Gasteiger partial charge in [0.15, 0.2) is 18.2 Å². The Kier molecular flexibility index (Phi) is 4.81. The van der Waals surface area contributed by atoms with Gasteiger partial charge in [0.2, 0.25) is 0 Å². The van der Waals surface area contributed by atoms with Gasteiger partial charge in [0, 0.05) is 18.8 Å². The molecule has 0 aliphatic rings. The molecule has 0 atom stereocenters. The second kappa shape index (κ2) is 7.07. The average Bonchev–Trinajstić information content (AvgIpc) is 3.02. The highest BCUT2D eigenvalue weighted by Gasteiger charge is 2.29. The molecule has 2 aromatic heterocycles. The van der Waals surface area contributed by atoms with Crippen molar-refractivity contribution in [2.45, 2.75) is 6.18 Å². The van der Waals surface area contributed by atoms with Crippen LogP contribution in [0.25, 0.3) is 22.6 Å². The first-order valence-electron chi connectivity index (χ1n) is 7.66. The molecule has 1 aromatic carbocycles. The first-order chi connectivity index (χ1) is 12.8. The Bertz CT molecular complexity index is 1020. The van der Waals surface area contributed by atoms with Crippen molar-refractivity contribution in [3.05, 3.63) is 54.2 Å². The summed E-state index contributed by atoms with van der Waals surface area (Å²) in [4.78, 5) is 8.44. The number of benzene rings is 1. The van der Waals surface area contributed by atoms with Gasteiger partial charge in [0.25, 0.3) is 0 Å². The predicted molar refractivity (Wildman–Crippen MR) is 88.1 cm³/mol. The summed E-state index contributed by atoms with van der Waals surface area (Å²) in [6, 6.07) is 8.68. The van der Waals surface area contributed by atoms with Gasteiger partial charge in [-0.3, -0.25) is 4.98 Å². The molecular weight excluding hydrogens is 364 g/mol. The Morgan fingerprint density at radius 3 is 2.67 bits per heavy atom. The summed E-state index contributed by atoms with van der Waals surface area (Å²) in [5.74, 6) is -1.42. The third-order valence-electron chi connectivity index (χ3n) is 3.66. The lowest BCUT2D eigenvalue weighted by Gasteiger charge is -2.12. The zero-order chi connectivity index (χ0) is 19.6. The maximum Gasteiger partial charge on any atom is 0.422 e. The maximum absolute atomic E-state index is 13.8. The summed E-state index contributed by atoms with van der Waals surface area (Å²) in [7, 11) is 1.68. The van der Waals surface area contributed by atoms with E-state index in [4.69, 9.17) is 5.26 Å². The zero-order valence-electron chi connectivity index (χ0n) is 14.0. The Labute approximate surface area is 151 Å². The number of ether oxygens (including phenoxy) is 1. The van der Waals surface area contributed by atoms with Crippen molar-refractivity contribution in [3.63, 3.8) is 0 Å². The number of rotatable bonds is 4. The fraction of sp³-hybridized carbons (Fsp3) is 0.167. The van der Waals surface area contributed by atoms with Crippen molar-refractivity contribution in [1.82, 2.24) is 14.5 Å². The molecule has 0 spiro atoms. The number of hydrogen-bond acceptors (Lipinski definition) is 4. The van der Waals surface area contributed by atoms with Gasteiger partial charge in [0.05, 0.1) is 29.3 Å². The van der Waals surface area contributed by atoms with E-state index in [0.29, 0.717) is 28.2 Å². The van der Waals surface area contributed by atoms with E-state index < -0.39 is 24.3 Å². The van der Waals surface area contributed by atoms with Crippen LogP contribution < -0.4 is 4.74 Å². The standard InChI is InChI=1S/C18H12F4N4O/c1-26-10-25-16(14-6-11(8-23)4-5-24-14)17(26)12-2-3-13(19)15(7-12)27-9-18(20,21)22/h2-7,10H,9H2,1H3. The number of nitriles is 1. The molecule has 0 aliphatic carbocycles. The predicted octanol–water partition coefficient (Wildman–Crippen LogP) is 4.10. The molecule has 3 rings (SSSR count). The molecule has 0 bridgehead atoms. The number of imidazole rings is 1. The number of halogens is 4. The van der Waals surface area contributed by atoms with Crippen LogP contribution in [0.5, 0.6) is 5.75 Å². The van der Waals surface area contributed by atoms with Crippen LogP contribution in [0, 0.1) is 17.1 Å². The topological polar surface area (TPSA) is 63.7 Å². The van der Waals surface area contributed by atoms with Crippen LogP contribution in [-0.2, 0) is 7.05 Å². The van der Waals surface area contributed by atoms with Crippen LogP contribution in [0.15, 0.2) is 42.9 Å². The van der Waals surface area contributed by atoms with Crippen LogP contribution >= 0.6 is 0 Å². The molecular formula is C18H12F4N4O. The fourth-order valence-corrected chi connectivity index (χ4v) is 2.51. The maximum atomic E-state index is 13.8. The first kappa shape index (κ1) is 18.4. The van der Waals surface area contributed by atoms with E-state index in [9.17, 15) is 17.6 Å². The number of aromatic nitrogens is 3. The summed E-state index contributed by atoms with van der Waals surface area (Å²) in [6.07, 6.45) is -1.64. The van der Waals surface area contributed by atoms with Gasteiger partial charge < -0.3 is 9.30 Å². The van der Waals surface area contributed by atoms with Crippen molar-refractivity contribution in [2.75, 3.05) is 6.61 Å². The van der Waals surface area contributed by atoms with E-state index in [2.05, 4.69) is 14.7 Å². The fourth-order valence-electron chi connectivity index (χ4n) is 2.51. The highest BCUT2D eigenvalue weighted by atomic mass is 19.4. The monoisotopic (exact) mass is 376 g/mol. The number of alkyl halides is 3. The molecule has 2 heterocycles. The smallest absolute Gasteiger partial charge is 0.422 e. The number of hydrogen-bond donors (Lipinski definition) is 0. The molecule has 0 radical (unpaired) electrons. The van der Waals surface area contributed by atoms with E-state index in [1.165, 1.54) is 36.8 Å². The minimum atomic E-state index is -4.58. The van der Waals surface area contributed by atoms with Crippen LogP contribution in [0.1, 0.15) is 5.56 Å². The van der Waals surface area contributed by atoms with Gasteiger partial charge in [-0.1, -0.05) is 0 Å². The summed E-state index contributed by atoms with van der Waals surface area (Å²) >= 11 is 0. The summed E-state index contributed by atoms with van der Waals surface area (Å²) in [6.45, 7) is -1.60. The Morgan fingerprint density at radius 2 is 1.96 bits per heavy atom. The second-order valence-electron chi connectivity index (χ2n) is 5.64. The molecule has 9 heteroatoms. The largest absolute Gasteiger partial charge is 0.481 e. The SMILES string of the molecule is Cn1cnc(-c2cc(C#N)ccn2)c1-c1ccc(F)c(OCC(F)(F)F)c1. The second-order valence-corrected chi connectivity index (χ2v) is 5.64. The van der Waals surface area contributed by atoms with Crippen molar-refractivity contribution in [1.29, 1.82) is 5.26 Å². The normalized spacial score (nSPS) is 11.3. The van der Waals surface area contributed by atoms with Crippen LogP contribution in [-0.4, -0.2) is 27.3 Å². The van der Waals surface area contributed by atoms with Crippen molar-refractivity contribution in [2.24, 2.45) is 7.05 Å². The van der Waals surface area contributed by atoms with Gasteiger partial charge in [-0.05, 0) is 30.3 Å². The minimum absolute atomic E-state index is 0.380. The molecule has 138 valence electrons. The van der Waals surface area contributed by atoms with Crippen LogP contribution in [0.2, 0.25) is 0 Å². The summed E-state index contributed by atoms with van der Waals surface area (Å²) in [5.41, 5.74) is 2.09. The molecule has 3 aromatic rings. The van der Waals surface area contributed by atoms with E-state index in [1.54, 1.807) is 11.6 Å². The molecule has 0 N–H and O–H groups in total. The molecule has 0 amide bonds. The number of nitrogens with zero attached hydrogens (tertiary/aromatic N) is 4. The lowest BCUT2D eigenvalue weighted by atomic mass is 10.1. The average molecular weight is 376 g/mol. The third-order valence-corrected chi connectivity index (χ3v) is 3.66. The zero-order valence-corrected chi connectivity index (χ0v) is 14.0. The first-order valence-corrected chi connectivity index (χ1v) is 7.66.